The molecule has 6 heteroatoms. The van der Waals surface area contributed by atoms with Crippen molar-refractivity contribution in [2.24, 2.45) is 0 Å². The van der Waals surface area contributed by atoms with E-state index in [1.54, 1.807) is 19.1 Å². The first-order chi connectivity index (χ1) is 9.85. The van der Waals surface area contributed by atoms with Crippen molar-refractivity contribution in [1.29, 1.82) is 0 Å². The first kappa shape index (κ1) is 16.7. The quantitative estimate of drug-likeness (QED) is 0.827. The van der Waals surface area contributed by atoms with Gasteiger partial charge >= 0.3 is 12.0 Å². The molecule has 3 amide bonds. The lowest BCUT2D eigenvalue weighted by atomic mass is 10.1. The van der Waals surface area contributed by atoms with Gasteiger partial charge in [-0.1, -0.05) is 6.07 Å². The van der Waals surface area contributed by atoms with Crippen LogP contribution in [0.2, 0.25) is 0 Å². The van der Waals surface area contributed by atoms with E-state index in [4.69, 9.17) is 4.74 Å². The van der Waals surface area contributed by atoms with Gasteiger partial charge in [0.25, 0.3) is 5.91 Å². The number of amides is 3. The first-order valence-electron chi connectivity index (χ1n) is 6.72. The third-order valence-corrected chi connectivity index (χ3v) is 2.97. The standard InChI is InChI=1S/C15H20N2O4/c1-5-16-15(20)17-13(18)11(4)21-14(19)12-7-6-9(2)10(3)8-12/h6-8,11H,5H2,1-4H3,(H2,16,17,18,20)/t11-/m1/s1. The predicted octanol–water partition coefficient (Wildman–Crippen LogP) is 1.69. The summed E-state index contributed by atoms with van der Waals surface area (Å²) in [5.74, 6) is -1.27. The van der Waals surface area contributed by atoms with Crippen molar-refractivity contribution in [2.45, 2.75) is 33.8 Å². The number of hydrogen-bond donors (Lipinski definition) is 2. The molecule has 0 aromatic heterocycles. The molecule has 2 N–H and O–H groups in total. The van der Waals surface area contributed by atoms with Crippen LogP contribution in [0.25, 0.3) is 0 Å². The van der Waals surface area contributed by atoms with Gasteiger partial charge in [0, 0.05) is 6.54 Å². The number of esters is 1. The first-order valence-corrected chi connectivity index (χ1v) is 6.72. The zero-order valence-corrected chi connectivity index (χ0v) is 12.6. The minimum atomic E-state index is -1.05. The minimum Gasteiger partial charge on any atom is -0.449 e. The maximum Gasteiger partial charge on any atom is 0.338 e. The molecule has 0 fully saturated rings. The molecule has 21 heavy (non-hydrogen) atoms. The SMILES string of the molecule is CCNC(=O)NC(=O)[C@@H](C)OC(=O)c1ccc(C)c(C)c1. The maximum absolute atomic E-state index is 11.9. The molecule has 0 saturated heterocycles. The van der Waals surface area contributed by atoms with Crippen LogP contribution >= 0.6 is 0 Å². The fraction of sp³-hybridized carbons (Fsp3) is 0.400. The normalized spacial score (nSPS) is 11.4. The molecule has 1 rings (SSSR count). The molecule has 0 unspecified atom stereocenters. The molecule has 0 bridgehead atoms. The van der Waals surface area contributed by atoms with Crippen molar-refractivity contribution in [3.05, 3.63) is 34.9 Å². The van der Waals surface area contributed by atoms with Gasteiger partial charge in [0.15, 0.2) is 6.10 Å². The van der Waals surface area contributed by atoms with Crippen LogP contribution in [0.1, 0.15) is 35.3 Å². The third kappa shape index (κ3) is 4.91. The summed E-state index contributed by atoms with van der Waals surface area (Å²) in [7, 11) is 0. The van der Waals surface area contributed by atoms with Gasteiger partial charge in [-0.25, -0.2) is 9.59 Å². The molecule has 0 aliphatic carbocycles. The fourth-order valence-corrected chi connectivity index (χ4v) is 1.57. The van der Waals surface area contributed by atoms with Crippen molar-refractivity contribution < 1.29 is 19.1 Å². The van der Waals surface area contributed by atoms with E-state index in [2.05, 4.69) is 10.6 Å². The van der Waals surface area contributed by atoms with Crippen molar-refractivity contribution in [1.82, 2.24) is 10.6 Å². The topological polar surface area (TPSA) is 84.5 Å². The van der Waals surface area contributed by atoms with E-state index < -0.39 is 24.0 Å². The average Bonchev–Trinajstić information content (AvgIpc) is 2.41. The van der Waals surface area contributed by atoms with Gasteiger partial charge in [0.2, 0.25) is 0 Å². The Labute approximate surface area is 123 Å². The Balaban J connectivity index is 2.63. The largest absolute Gasteiger partial charge is 0.449 e. The summed E-state index contributed by atoms with van der Waals surface area (Å²) in [6, 6.07) is 4.54. The van der Waals surface area contributed by atoms with Gasteiger partial charge in [-0.15, -0.1) is 0 Å². The Morgan fingerprint density at radius 1 is 1.19 bits per heavy atom. The summed E-state index contributed by atoms with van der Waals surface area (Å²) in [5, 5.41) is 4.51. The molecule has 0 saturated carbocycles. The molecule has 1 aromatic carbocycles. The molecule has 0 radical (unpaired) electrons. The Bertz CT molecular complexity index is 555. The molecule has 0 aliphatic rings. The smallest absolute Gasteiger partial charge is 0.338 e. The van der Waals surface area contributed by atoms with E-state index >= 15 is 0 Å². The highest BCUT2D eigenvalue weighted by atomic mass is 16.5. The number of nitrogens with one attached hydrogen (secondary N) is 2. The zero-order valence-electron chi connectivity index (χ0n) is 12.6. The molecular formula is C15H20N2O4. The summed E-state index contributed by atoms with van der Waals surface area (Å²) >= 11 is 0. The summed E-state index contributed by atoms with van der Waals surface area (Å²) in [5.41, 5.74) is 2.40. The van der Waals surface area contributed by atoms with Crippen LogP contribution in [-0.4, -0.2) is 30.6 Å². The third-order valence-electron chi connectivity index (χ3n) is 2.97. The van der Waals surface area contributed by atoms with Crippen molar-refractivity contribution in [3.63, 3.8) is 0 Å². The number of benzene rings is 1. The number of carbonyl (C=O) groups is 3. The molecule has 6 nitrogen and oxygen atoms in total. The Morgan fingerprint density at radius 3 is 2.43 bits per heavy atom. The van der Waals surface area contributed by atoms with Gasteiger partial charge < -0.3 is 10.1 Å². The summed E-state index contributed by atoms with van der Waals surface area (Å²) < 4.78 is 5.04. The number of aryl methyl sites for hydroxylation is 2. The lowest BCUT2D eigenvalue weighted by Gasteiger charge is -2.13. The van der Waals surface area contributed by atoms with Gasteiger partial charge in [0.05, 0.1) is 5.56 Å². The molecule has 0 aliphatic heterocycles. The molecule has 114 valence electrons. The monoisotopic (exact) mass is 292 g/mol. The molecule has 0 heterocycles. The maximum atomic E-state index is 11.9. The summed E-state index contributed by atoms with van der Waals surface area (Å²) in [6.45, 7) is 7.36. The number of rotatable bonds is 4. The minimum absolute atomic E-state index is 0.371. The highest BCUT2D eigenvalue weighted by molar-refractivity contribution is 5.98. The second-order valence-corrected chi connectivity index (χ2v) is 4.70. The number of ether oxygens (including phenoxy) is 1. The van der Waals surface area contributed by atoms with Crippen LogP contribution in [0.5, 0.6) is 0 Å². The second-order valence-electron chi connectivity index (χ2n) is 4.70. The Hall–Kier alpha value is -2.37. The number of urea groups is 1. The average molecular weight is 292 g/mol. The van der Waals surface area contributed by atoms with Crippen molar-refractivity contribution >= 4 is 17.9 Å². The lowest BCUT2D eigenvalue weighted by Crippen LogP contribution is -2.44. The predicted molar refractivity (Wildman–Crippen MR) is 78.0 cm³/mol. The van der Waals surface area contributed by atoms with Crippen LogP contribution < -0.4 is 10.6 Å². The highest BCUT2D eigenvalue weighted by Crippen LogP contribution is 2.11. The van der Waals surface area contributed by atoms with Crippen molar-refractivity contribution in [3.8, 4) is 0 Å². The Kier molecular flexibility index (Phi) is 5.90. The van der Waals surface area contributed by atoms with E-state index in [0.717, 1.165) is 11.1 Å². The number of imide groups is 1. The fourth-order valence-electron chi connectivity index (χ4n) is 1.57. The molecule has 0 spiro atoms. The summed E-state index contributed by atoms with van der Waals surface area (Å²) in [4.78, 5) is 34.8. The van der Waals surface area contributed by atoms with E-state index in [1.807, 2.05) is 19.9 Å². The molecular weight excluding hydrogens is 272 g/mol. The Morgan fingerprint density at radius 2 is 1.86 bits per heavy atom. The van der Waals surface area contributed by atoms with Crippen LogP contribution in [0.4, 0.5) is 4.79 Å². The van der Waals surface area contributed by atoms with Crippen molar-refractivity contribution in [2.75, 3.05) is 6.54 Å². The van der Waals surface area contributed by atoms with E-state index in [1.165, 1.54) is 6.92 Å². The summed E-state index contributed by atoms with van der Waals surface area (Å²) in [6.07, 6.45) is -1.05. The van der Waals surface area contributed by atoms with Crippen LogP contribution in [0.15, 0.2) is 18.2 Å². The highest BCUT2D eigenvalue weighted by Gasteiger charge is 2.20. The van der Waals surface area contributed by atoms with Gasteiger partial charge in [-0.2, -0.15) is 0 Å². The second kappa shape index (κ2) is 7.42. The van der Waals surface area contributed by atoms with Gasteiger partial charge in [-0.3, -0.25) is 10.1 Å². The van der Waals surface area contributed by atoms with E-state index in [0.29, 0.717) is 12.1 Å². The lowest BCUT2D eigenvalue weighted by molar-refractivity contribution is -0.127. The zero-order chi connectivity index (χ0) is 16.0. The van der Waals surface area contributed by atoms with Crippen LogP contribution in [0.3, 0.4) is 0 Å². The van der Waals surface area contributed by atoms with Crippen LogP contribution in [-0.2, 0) is 9.53 Å². The molecule has 1 aromatic rings. The van der Waals surface area contributed by atoms with E-state index in [-0.39, 0.29) is 0 Å². The number of hydrogen-bond acceptors (Lipinski definition) is 4. The van der Waals surface area contributed by atoms with E-state index in [9.17, 15) is 14.4 Å². The van der Waals surface area contributed by atoms with Crippen LogP contribution in [0, 0.1) is 13.8 Å². The number of carbonyl (C=O) groups excluding carboxylic acids is 3. The van der Waals surface area contributed by atoms with Gasteiger partial charge in [-0.05, 0) is 51.0 Å². The molecule has 1 atom stereocenters. The van der Waals surface area contributed by atoms with Gasteiger partial charge in [0.1, 0.15) is 0 Å².